The maximum absolute atomic E-state index is 5.24. The minimum absolute atomic E-state index is 0.538. The van der Waals surface area contributed by atoms with Crippen molar-refractivity contribution in [3.63, 3.8) is 0 Å². The van der Waals surface area contributed by atoms with E-state index in [0.29, 0.717) is 11.5 Å². The third-order valence-electron chi connectivity index (χ3n) is 3.21. The van der Waals surface area contributed by atoms with Gasteiger partial charge in [0.25, 0.3) is 0 Å². The number of rotatable bonds is 3. The maximum Gasteiger partial charge on any atom is 0.166 e. The molecule has 0 radical (unpaired) electrons. The molecule has 2 nitrogen and oxygen atoms in total. The summed E-state index contributed by atoms with van der Waals surface area (Å²) in [6.07, 6.45) is 6.24. The quantitative estimate of drug-likeness (QED) is 0.726. The summed E-state index contributed by atoms with van der Waals surface area (Å²) < 4.78 is 0. The highest BCUT2D eigenvalue weighted by molar-refractivity contribution is 7.80. The van der Waals surface area contributed by atoms with Crippen LogP contribution in [0.15, 0.2) is 0 Å². The smallest absolute Gasteiger partial charge is 0.166 e. The van der Waals surface area contributed by atoms with Crippen LogP contribution >= 0.6 is 12.2 Å². The Balaban J connectivity index is 2.21. The van der Waals surface area contributed by atoms with Crippen molar-refractivity contribution in [2.45, 2.75) is 58.9 Å². The van der Waals surface area contributed by atoms with E-state index in [4.69, 9.17) is 12.2 Å². The molecule has 1 saturated carbocycles. The fourth-order valence-corrected chi connectivity index (χ4v) is 2.29. The van der Waals surface area contributed by atoms with Crippen molar-refractivity contribution >= 4 is 17.3 Å². The predicted octanol–water partition coefficient (Wildman–Crippen LogP) is 2.83. The van der Waals surface area contributed by atoms with Gasteiger partial charge in [0, 0.05) is 12.6 Å². The van der Waals surface area contributed by atoms with Gasteiger partial charge in [-0.3, -0.25) is 0 Å². The van der Waals surface area contributed by atoms with Crippen molar-refractivity contribution in [1.29, 1.82) is 0 Å². The second-order valence-electron chi connectivity index (χ2n) is 5.34. The van der Waals surface area contributed by atoms with Crippen molar-refractivity contribution in [3.8, 4) is 0 Å². The summed E-state index contributed by atoms with van der Waals surface area (Å²) in [5, 5.41) is 7.47. The molecular weight excluding hydrogens is 204 g/mol. The van der Waals surface area contributed by atoms with E-state index in [1.165, 1.54) is 25.7 Å². The summed E-state index contributed by atoms with van der Waals surface area (Å²) in [6.45, 7) is 7.84. The van der Waals surface area contributed by atoms with Gasteiger partial charge in [0.05, 0.1) is 0 Å². The van der Waals surface area contributed by atoms with Crippen LogP contribution in [-0.2, 0) is 0 Å². The Labute approximate surface area is 99.2 Å². The molecule has 0 bridgehead atoms. The topological polar surface area (TPSA) is 24.1 Å². The minimum Gasteiger partial charge on any atom is -0.363 e. The minimum atomic E-state index is 0.538. The van der Waals surface area contributed by atoms with E-state index in [9.17, 15) is 0 Å². The molecule has 2 N–H and O–H groups in total. The molecule has 0 aromatic carbocycles. The molecule has 1 aliphatic rings. The van der Waals surface area contributed by atoms with E-state index in [1.54, 1.807) is 0 Å². The molecule has 15 heavy (non-hydrogen) atoms. The molecule has 0 spiro atoms. The molecule has 0 saturated heterocycles. The first-order valence-electron chi connectivity index (χ1n) is 6.08. The van der Waals surface area contributed by atoms with Gasteiger partial charge in [-0.15, -0.1) is 0 Å². The third-order valence-corrected chi connectivity index (χ3v) is 3.47. The van der Waals surface area contributed by atoms with Gasteiger partial charge in [-0.05, 0) is 49.7 Å². The number of thiocarbonyl (C=S) groups is 1. The Bertz CT molecular complexity index is 204. The molecule has 1 aliphatic carbocycles. The van der Waals surface area contributed by atoms with Crippen LogP contribution in [0.1, 0.15) is 52.9 Å². The lowest BCUT2D eigenvalue weighted by molar-refractivity contribution is 0.217. The summed E-state index contributed by atoms with van der Waals surface area (Å²) in [4.78, 5) is 0. The Morgan fingerprint density at radius 1 is 1.33 bits per heavy atom. The molecule has 0 aromatic rings. The summed E-state index contributed by atoms with van der Waals surface area (Å²) in [7, 11) is 0. The van der Waals surface area contributed by atoms with E-state index in [1.807, 2.05) is 0 Å². The van der Waals surface area contributed by atoms with Crippen molar-refractivity contribution in [3.05, 3.63) is 0 Å². The summed E-state index contributed by atoms with van der Waals surface area (Å²) in [5.74, 6) is 0. The lowest BCUT2D eigenvalue weighted by atomic mass is 9.76. The molecule has 0 atom stereocenters. The molecule has 0 unspecified atom stereocenters. The molecule has 0 aliphatic heterocycles. The average Bonchev–Trinajstić information content (AvgIpc) is 2.18. The predicted molar refractivity (Wildman–Crippen MR) is 70.1 cm³/mol. The highest BCUT2D eigenvalue weighted by atomic mass is 32.1. The maximum atomic E-state index is 5.24. The normalized spacial score (nSPS) is 21.0. The van der Waals surface area contributed by atoms with Gasteiger partial charge in [0.1, 0.15) is 0 Å². The second kappa shape index (κ2) is 5.69. The third kappa shape index (κ3) is 4.83. The van der Waals surface area contributed by atoms with Crippen molar-refractivity contribution in [2.75, 3.05) is 6.54 Å². The Morgan fingerprint density at radius 2 is 1.93 bits per heavy atom. The van der Waals surface area contributed by atoms with E-state index in [-0.39, 0.29) is 0 Å². The van der Waals surface area contributed by atoms with Crippen molar-refractivity contribution in [1.82, 2.24) is 10.6 Å². The van der Waals surface area contributed by atoms with Gasteiger partial charge in [-0.2, -0.15) is 0 Å². The van der Waals surface area contributed by atoms with Crippen molar-refractivity contribution < 1.29 is 0 Å². The van der Waals surface area contributed by atoms with Gasteiger partial charge in [-0.25, -0.2) is 0 Å². The molecule has 0 heterocycles. The zero-order valence-corrected chi connectivity index (χ0v) is 11.0. The number of hydrogen-bond acceptors (Lipinski definition) is 1. The van der Waals surface area contributed by atoms with E-state index in [0.717, 1.165) is 18.1 Å². The zero-order chi connectivity index (χ0) is 11.3. The average molecular weight is 228 g/mol. The van der Waals surface area contributed by atoms with Crippen LogP contribution in [-0.4, -0.2) is 17.7 Å². The summed E-state index contributed by atoms with van der Waals surface area (Å²) in [5.41, 5.74) is 0.538. The van der Waals surface area contributed by atoms with Crippen LogP contribution in [0, 0.1) is 5.41 Å². The summed E-state index contributed by atoms with van der Waals surface area (Å²) in [6, 6.07) is 0.592. The van der Waals surface area contributed by atoms with Crippen LogP contribution in [0.5, 0.6) is 0 Å². The Morgan fingerprint density at radius 3 is 2.47 bits per heavy atom. The largest absolute Gasteiger partial charge is 0.363 e. The van der Waals surface area contributed by atoms with Crippen LogP contribution < -0.4 is 10.6 Å². The van der Waals surface area contributed by atoms with E-state index < -0.39 is 0 Å². The Hall–Kier alpha value is -0.310. The molecular formula is C12H24N2S. The first kappa shape index (κ1) is 12.8. The molecule has 1 rings (SSSR count). The zero-order valence-electron chi connectivity index (χ0n) is 10.2. The first-order chi connectivity index (χ1) is 7.03. The van der Waals surface area contributed by atoms with Gasteiger partial charge in [-0.1, -0.05) is 20.8 Å². The standard InChI is InChI=1S/C12H24N2S/c1-4-9-13-11(15)14-10-5-7-12(2,3)8-6-10/h10H,4-9H2,1-3H3,(H2,13,14,15). The molecule has 3 heteroatoms. The lowest BCUT2D eigenvalue weighted by Crippen LogP contribution is -2.44. The lowest BCUT2D eigenvalue weighted by Gasteiger charge is -2.35. The van der Waals surface area contributed by atoms with Crippen LogP contribution in [0.3, 0.4) is 0 Å². The van der Waals surface area contributed by atoms with Crippen LogP contribution in [0.2, 0.25) is 0 Å². The fraction of sp³-hybridized carbons (Fsp3) is 0.917. The number of hydrogen-bond donors (Lipinski definition) is 2. The van der Waals surface area contributed by atoms with Gasteiger partial charge in [0.15, 0.2) is 5.11 Å². The molecule has 0 amide bonds. The molecule has 0 aromatic heterocycles. The van der Waals surface area contributed by atoms with E-state index in [2.05, 4.69) is 31.4 Å². The van der Waals surface area contributed by atoms with Gasteiger partial charge < -0.3 is 10.6 Å². The fourth-order valence-electron chi connectivity index (χ4n) is 2.02. The SMILES string of the molecule is CCCNC(=S)NC1CCC(C)(C)CC1. The second-order valence-corrected chi connectivity index (χ2v) is 5.75. The highest BCUT2D eigenvalue weighted by Gasteiger charge is 2.26. The van der Waals surface area contributed by atoms with Gasteiger partial charge in [0.2, 0.25) is 0 Å². The van der Waals surface area contributed by atoms with E-state index >= 15 is 0 Å². The number of nitrogens with one attached hydrogen (secondary N) is 2. The highest BCUT2D eigenvalue weighted by Crippen LogP contribution is 2.34. The van der Waals surface area contributed by atoms with Gasteiger partial charge >= 0.3 is 0 Å². The van der Waals surface area contributed by atoms with Crippen LogP contribution in [0.25, 0.3) is 0 Å². The van der Waals surface area contributed by atoms with Crippen molar-refractivity contribution in [2.24, 2.45) is 5.41 Å². The summed E-state index contributed by atoms with van der Waals surface area (Å²) >= 11 is 5.24. The first-order valence-corrected chi connectivity index (χ1v) is 6.49. The monoisotopic (exact) mass is 228 g/mol. The molecule has 88 valence electrons. The van der Waals surface area contributed by atoms with Crippen LogP contribution in [0.4, 0.5) is 0 Å². The Kier molecular flexibility index (Phi) is 4.84. The molecule has 1 fully saturated rings.